The molecule has 5 rings (SSSR count). The van der Waals surface area contributed by atoms with Gasteiger partial charge in [0, 0.05) is 79.4 Å². The summed E-state index contributed by atoms with van der Waals surface area (Å²) in [4.78, 5) is 37.2. The van der Waals surface area contributed by atoms with Crippen molar-refractivity contribution >= 4 is 40.4 Å². The predicted molar refractivity (Wildman–Crippen MR) is 194 cm³/mol. The van der Waals surface area contributed by atoms with Crippen molar-refractivity contribution in [3.05, 3.63) is 120 Å². The van der Waals surface area contributed by atoms with Gasteiger partial charge in [0.15, 0.2) is 5.84 Å². The van der Waals surface area contributed by atoms with Crippen LogP contribution in [-0.2, 0) is 0 Å². The minimum absolute atomic E-state index is 0.177. The van der Waals surface area contributed by atoms with Crippen LogP contribution >= 0.6 is 0 Å². The number of benzene rings is 3. The average Bonchev–Trinajstić information content (AvgIpc) is 3.11. The highest BCUT2D eigenvalue weighted by Gasteiger charge is 2.21. The Morgan fingerprint density at radius 1 is 0.872 bits per heavy atom. The van der Waals surface area contributed by atoms with Crippen LogP contribution in [0.15, 0.2) is 108 Å². The van der Waals surface area contributed by atoms with Crippen LogP contribution in [0.2, 0.25) is 0 Å². The van der Waals surface area contributed by atoms with Crippen molar-refractivity contribution in [2.75, 3.05) is 55.3 Å². The lowest BCUT2D eigenvalue weighted by molar-refractivity contribution is 0.0962. The maximum absolute atomic E-state index is 13.2. The quantitative estimate of drug-likeness (QED) is 0.229. The third-order valence-corrected chi connectivity index (χ3v) is 8.32. The van der Waals surface area contributed by atoms with Crippen molar-refractivity contribution in [3.63, 3.8) is 0 Å². The molecule has 9 heteroatoms. The lowest BCUT2D eigenvalue weighted by Gasteiger charge is -2.35. The van der Waals surface area contributed by atoms with Crippen molar-refractivity contribution in [1.82, 2.24) is 15.1 Å². The number of amidine groups is 1. The van der Waals surface area contributed by atoms with Crippen LogP contribution in [0, 0.1) is 0 Å². The van der Waals surface area contributed by atoms with E-state index in [0.717, 1.165) is 74.0 Å². The summed E-state index contributed by atoms with van der Waals surface area (Å²) in [5.41, 5.74) is 6.34. The number of rotatable bonds is 10. The lowest BCUT2D eigenvalue weighted by atomic mass is 10.1. The van der Waals surface area contributed by atoms with E-state index in [2.05, 4.69) is 74.8 Å². The molecule has 2 heterocycles. The number of carbonyl (C=O) groups excluding carboxylic acids is 2. The first kappa shape index (κ1) is 33.2. The normalized spacial score (nSPS) is 16.2. The fourth-order valence-corrected chi connectivity index (χ4v) is 5.62. The number of amides is 2. The molecule has 2 aliphatic rings. The number of carbonyl (C=O) groups is 2. The Balaban J connectivity index is 1.38. The molecular formula is C38H45N7O2. The van der Waals surface area contributed by atoms with E-state index in [1.165, 1.54) is 5.69 Å². The SMILES string of the molecule is C/C=C\N1C=C(c2cccc(C(=O)Nc3ccc(C(=O)NC)cc3)c2)N=C(Nc2ccc(N3CCN(CC)CC3)cc2)/C1=C\CCC. The molecule has 3 N–H and O–H groups in total. The highest BCUT2D eigenvalue weighted by atomic mass is 16.2. The number of hydrogen-bond donors (Lipinski definition) is 3. The molecule has 0 spiro atoms. The van der Waals surface area contributed by atoms with Crippen LogP contribution in [0.25, 0.3) is 5.70 Å². The van der Waals surface area contributed by atoms with Gasteiger partial charge in [0.05, 0.1) is 11.4 Å². The summed E-state index contributed by atoms with van der Waals surface area (Å²) in [6.07, 6.45) is 10.2. The van der Waals surface area contributed by atoms with E-state index in [4.69, 9.17) is 4.99 Å². The second-order valence-electron chi connectivity index (χ2n) is 11.5. The number of nitrogens with one attached hydrogen (secondary N) is 3. The van der Waals surface area contributed by atoms with Crippen molar-refractivity contribution in [1.29, 1.82) is 0 Å². The number of unbranched alkanes of at least 4 members (excludes halogenated alkanes) is 1. The van der Waals surface area contributed by atoms with Gasteiger partial charge in [0.1, 0.15) is 0 Å². The van der Waals surface area contributed by atoms with E-state index in [1.54, 1.807) is 37.4 Å². The third-order valence-electron chi connectivity index (χ3n) is 8.32. The monoisotopic (exact) mass is 631 g/mol. The summed E-state index contributed by atoms with van der Waals surface area (Å²) in [7, 11) is 1.59. The van der Waals surface area contributed by atoms with Crippen LogP contribution in [0.4, 0.5) is 17.1 Å². The number of hydrogen-bond acceptors (Lipinski definition) is 7. The van der Waals surface area contributed by atoms with Crippen molar-refractivity contribution in [2.24, 2.45) is 4.99 Å². The molecule has 2 amide bonds. The lowest BCUT2D eigenvalue weighted by Crippen LogP contribution is -2.46. The van der Waals surface area contributed by atoms with Crippen molar-refractivity contribution in [2.45, 2.75) is 33.6 Å². The molecule has 0 atom stereocenters. The summed E-state index contributed by atoms with van der Waals surface area (Å²) in [5.74, 6) is 0.316. The standard InChI is InChI=1S/C38H45N7O2/c1-5-8-12-35-36(40-31-17-19-33(20-18-31)44-24-22-43(7-3)23-25-44)42-34(27-45(35)21-6-2)29-10-9-11-30(26-29)38(47)41-32-15-13-28(14-16-32)37(46)39-4/h6,9-21,26-27H,5,7-8,22-25H2,1-4H3,(H,39,46)(H,40,42)(H,41,47)/b21-6-,35-12+. The van der Waals surface area contributed by atoms with E-state index < -0.39 is 0 Å². The van der Waals surface area contributed by atoms with Gasteiger partial charge in [-0.1, -0.05) is 44.6 Å². The van der Waals surface area contributed by atoms with Crippen molar-refractivity contribution < 1.29 is 9.59 Å². The molecule has 47 heavy (non-hydrogen) atoms. The molecule has 3 aromatic carbocycles. The highest BCUT2D eigenvalue weighted by molar-refractivity contribution is 6.11. The summed E-state index contributed by atoms with van der Waals surface area (Å²) in [5, 5.41) is 9.12. The second kappa shape index (κ2) is 15.9. The Morgan fingerprint density at radius 3 is 2.26 bits per heavy atom. The Bertz CT molecular complexity index is 1660. The number of piperazine rings is 1. The molecular weight excluding hydrogens is 586 g/mol. The molecule has 0 radical (unpaired) electrons. The van der Waals surface area contributed by atoms with Crippen LogP contribution in [0.1, 0.15) is 59.9 Å². The maximum Gasteiger partial charge on any atom is 0.255 e. The van der Waals surface area contributed by atoms with Crippen LogP contribution in [-0.4, -0.2) is 67.2 Å². The van der Waals surface area contributed by atoms with E-state index in [1.807, 2.05) is 43.6 Å². The zero-order valence-electron chi connectivity index (χ0n) is 27.8. The van der Waals surface area contributed by atoms with Crippen LogP contribution in [0.5, 0.6) is 0 Å². The molecule has 1 fully saturated rings. The largest absolute Gasteiger partial charge is 0.369 e. The van der Waals surface area contributed by atoms with Crippen LogP contribution < -0.4 is 20.9 Å². The highest BCUT2D eigenvalue weighted by Crippen LogP contribution is 2.29. The number of likely N-dealkylation sites (N-methyl/N-ethyl adjacent to an activating group) is 1. The number of nitrogens with zero attached hydrogens (tertiary/aromatic N) is 4. The molecule has 0 aromatic heterocycles. The molecule has 9 nitrogen and oxygen atoms in total. The molecule has 1 saturated heterocycles. The predicted octanol–water partition coefficient (Wildman–Crippen LogP) is 6.78. The first-order valence-electron chi connectivity index (χ1n) is 16.4. The first-order chi connectivity index (χ1) is 22.9. The summed E-state index contributed by atoms with van der Waals surface area (Å²) in [6, 6.07) is 22.8. The molecule has 3 aromatic rings. The van der Waals surface area contributed by atoms with Crippen molar-refractivity contribution in [3.8, 4) is 0 Å². The van der Waals surface area contributed by atoms with Gasteiger partial charge in [-0.2, -0.15) is 0 Å². The molecule has 2 aliphatic heterocycles. The fraction of sp³-hybridized carbons (Fsp3) is 0.289. The Hall–Kier alpha value is -5.15. The van der Waals surface area contributed by atoms with E-state index >= 15 is 0 Å². The second-order valence-corrected chi connectivity index (χ2v) is 11.5. The molecule has 244 valence electrons. The topological polar surface area (TPSA) is 92.3 Å². The maximum atomic E-state index is 13.2. The first-order valence-corrected chi connectivity index (χ1v) is 16.4. The minimum Gasteiger partial charge on any atom is -0.369 e. The third kappa shape index (κ3) is 8.37. The van der Waals surface area contributed by atoms with Crippen LogP contribution in [0.3, 0.4) is 0 Å². The Morgan fingerprint density at radius 2 is 1.60 bits per heavy atom. The molecule has 0 bridgehead atoms. The number of allylic oxidation sites excluding steroid dienone is 2. The van der Waals surface area contributed by atoms with Gasteiger partial charge in [-0.15, -0.1) is 0 Å². The molecule has 0 aliphatic carbocycles. The Labute approximate surface area is 278 Å². The van der Waals surface area contributed by atoms with Gasteiger partial charge in [-0.3, -0.25) is 9.59 Å². The number of anilines is 3. The zero-order chi connectivity index (χ0) is 33.2. The summed E-state index contributed by atoms with van der Waals surface area (Å²) >= 11 is 0. The van der Waals surface area contributed by atoms with E-state index in [-0.39, 0.29) is 11.8 Å². The van der Waals surface area contributed by atoms with Gasteiger partial charge in [-0.05, 0) is 80.6 Å². The molecule has 0 unspecified atom stereocenters. The summed E-state index contributed by atoms with van der Waals surface area (Å²) < 4.78 is 0. The van der Waals surface area contributed by atoms with Gasteiger partial charge in [-0.25, -0.2) is 4.99 Å². The smallest absolute Gasteiger partial charge is 0.255 e. The van der Waals surface area contributed by atoms with E-state index in [0.29, 0.717) is 16.8 Å². The number of aliphatic imine (C=N–C) groups is 1. The van der Waals surface area contributed by atoms with Gasteiger partial charge in [0.25, 0.3) is 11.8 Å². The van der Waals surface area contributed by atoms with Gasteiger partial charge < -0.3 is 30.7 Å². The van der Waals surface area contributed by atoms with Gasteiger partial charge >= 0.3 is 0 Å². The fourth-order valence-electron chi connectivity index (χ4n) is 5.62. The zero-order valence-corrected chi connectivity index (χ0v) is 27.8. The van der Waals surface area contributed by atoms with Gasteiger partial charge in [0.2, 0.25) is 0 Å². The Kier molecular flexibility index (Phi) is 11.2. The average molecular weight is 632 g/mol. The molecule has 0 saturated carbocycles. The van der Waals surface area contributed by atoms with E-state index in [9.17, 15) is 9.59 Å². The summed E-state index contributed by atoms with van der Waals surface area (Å²) in [6.45, 7) is 11.7. The minimum atomic E-state index is -0.247.